The van der Waals surface area contributed by atoms with E-state index in [9.17, 15) is 57.3 Å². The van der Waals surface area contributed by atoms with Crippen LogP contribution in [0.2, 0.25) is 0 Å². The average molecular weight is 997 g/mol. The quantitative estimate of drug-likeness (QED) is 0.0471. The van der Waals surface area contributed by atoms with Crippen molar-refractivity contribution < 1.29 is 98.2 Å². The second-order valence-corrected chi connectivity index (χ2v) is 15.7. The van der Waals surface area contributed by atoms with Crippen LogP contribution >= 0.6 is 15.9 Å². The molecule has 0 heterocycles. The number of alkyl halides is 7. The SMILES string of the molecule is C.C=CCCCCBr.C=CCCCCN(C)C(=O)C(F)(F)F.C=CCCCC[NH2+]C.CNC(=O)C(F)(F)F.Cc1ccc(S(=O)(=O)O)cc1.Cc1ccc(S(=O)(=O)[O-])cc1.[H-].[Na+]. The molecule has 2 aromatic carbocycles. The number of rotatable bonds is 16. The zero-order valence-electron chi connectivity index (χ0n) is 36.2. The number of quaternary nitrogens is 1. The van der Waals surface area contributed by atoms with Crippen molar-refractivity contribution in [3.8, 4) is 0 Å². The Bertz CT molecular complexity index is 1600. The Balaban J connectivity index is -0.000000118. The van der Waals surface area contributed by atoms with Crippen LogP contribution in [-0.2, 0) is 29.8 Å². The van der Waals surface area contributed by atoms with Crippen LogP contribution in [0, 0.1) is 13.8 Å². The molecule has 350 valence electrons. The van der Waals surface area contributed by atoms with Gasteiger partial charge in [0.1, 0.15) is 10.1 Å². The molecule has 0 atom stereocenters. The number of hydrogen-bond donors (Lipinski definition) is 3. The van der Waals surface area contributed by atoms with E-state index in [1.165, 1.54) is 68.2 Å². The number of unbranched alkanes of at least 4 members (excludes halogenated alkanes) is 6. The summed E-state index contributed by atoms with van der Waals surface area (Å²) >= 11 is 3.35. The molecule has 11 nitrogen and oxygen atoms in total. The maximum absolute atomic E-state index is 11.9. The second-order valence-electron chi connectivity index (χ2n) is 12.1. The number of carbonyl (C=O) groups is 2. The number of nitrogens with two attached hydrogens (primary N) is 1. The van der Waals surface area contributed by atoms with Crippen LogP contribution in [0.5, 0.6) is 0 Å². The molecule has 0 radical (unpaired) electrons. The zero-order valence-corrected chi connectivity index (χ0v) is 40.5. The number of benzene rings is 2. The number of allylic oxidation sites excluding steroid dienone is 3. The molecule has 0 unspecified atom stereocenters. The Hall–Kier alpha value is -2.56. The summed E-state index contributed by atoms with van der Waals surface area (Å²) in [5.74, 6) is -3.70. The van der Waals surface area contributed by atoms with E-state index in [0.717, 1.165) is 49.8 Å². The van der Waals surface area contributed by atoms with Crippen LogP contribution in [0.25, 0.3) is 0 Å². The molecule has 0 saturated heterocycles. The van der Waals surface area contributed by atoms with Crippen molar-refractivity contribution in [2.45, 2.75) is 101 Å². The van der Waals surface area contributed by atoms with E-state index in [2.05, 4.69) is 48.0 Å². The monoisotopic (exact) mass is 995 g/mol. The number of halogens is 7. The van der Waals surface area contributed by atoms with E-state index in [4.69, 9.17) is 4.55 Å². The second kappa shape index (κ2) is 40.2. The fourth-order valence-electron chi connectivity index (χ4n) is 3.53. The van der Waals surface area contributed by atoms with Crippen LogP contribution in [0.15, 0.2) is 96.3 Å². The molecule has 4 N–H and O–H groups in total. The number of nitrogens with one attached hydrogen (secondary N) is 1. The number of aryl methyl sites for hydroxylation is 2. The minimum atomic E-state index is -4.76. The van der Waals surface area contributed by atoms with Gasteiger partial charge in [-0.1, -0.05) is 77.0 Å². The molecule has 0 bridgehead atoms. The summed E-state index contributed by atoms with van der Waals surface area (Å²) < 4.78 is 129. The van der Waals surface area contributed by atoms with Gasteiger partial charge in [-0.3, -0.25) is 14.1 Å². The van der Waals surface area contributed by atoms with E-state index >= 15 is 0 Å². The van der Waals surface area contributed by atoms with Crippen LogP contribution in [-0.4, -0.2) is 94.6 Å². The molecule has 0 aliphatic carbocycles. The maximum Gasteiger partial charge on any atom is 1.00 e. The minimum Gasteiger partial charge on any atom is -1.00 e. The molecule has 0 spiro atoms. The van der Waals surface area contributed by atoms with Gasteiger partial charge in [0.2, 0.25) is 0 Å². The van der Waals surface area contributed by atoms with Crippen molar-refractivity contribution in [3.05, 3.63) is 97.6 Å². The number of nitrogens with zero attached hydrogens (tertiary/aromatic N) is 1. The predicted octanol–water partition coefficient (Wildman–Crippen LogP) is 5.83. The third-order valence-electron chi connectivity index (χ3n) is 6.80. The summed E-state index contributed by atoms with van der Waals surface area (Å²) in [5, 5.41) is 4.78. The first-order valence-electron chi connectivity index (χ1n) is 18.0. The Morgan fingerprint density at radius 1 is 0.787 bits per heavy atom. The molecule has 61 heavy (non-hydrogen) atoms. The fourth-order valence-corrected chi connectivity index (χ4v) is 4.88. The summed E-state index contributed by atoms with van der Waals surface area (Å²) in [5.41, 5.74) is 1.88. The van der Waals surface area contributed by atoms with Crippen molar-refractivity contribution in [1.29, 1.82) is 0 Å². The fraction of sp³-hybridized carbons (Fsp3) is 0.500. The summed E-state index contributed by atoms with van der Waals surface area (Å²) in [7, 11) is -4.10. The van der Waals surface area contributed by atoms with Crippen LogP contribution in [0.1, 0.15) is 77.8 Å². The molecule has 2 aromatic rings. The Labute approximate surface area is 392 Å². The van der Waals surface area contributed by atoms with Gasteiger partial charge in [-0.15, -0.1) is 19.7 Å². The molecular formula is C40H65BrF6N3NaO8S2. The first-order chi connectivity index (χ1) is 27.2. The smallest absolute Gasteiger partial charge is 1.00 e. The van der Waals surface area contributed by atoms with E-state index in [-0.39, 0.29) is 54.7 Å². The number of carbonyl (C=O) groups excluding carboxylic acids is 2. The molecule has 21 heteroatoms. The topological polar surface area (TPSA) is 178 Å². The third kappa shape index (κ3) is 45.3. The van der Waals surface area contributed by atoms with Gasteiger partial charge < -0.3 is 21.5 Å². The Morgan fingerprint density at radius 2 is 1.16 bits per heavy atom. The van der Waals surface area contributed by atoms with Crippen LogP contribution in [0.3, 0.4) is 0 Å². The first-order valence-corrected chi connectivity index (χ1v) is 22.0. The van der Waals surface area contributed by atoms with Gasteiger partial charge in [0.15, 0.2) is 0 Å². The Kier molecular flexibility index (Phi) is 46.2. The largest absolute Gasteiger partial charge is 1.00 e. The molecule has 2 rings (SSSR count). The van der Waals surface area contributed by atoms with Gasteiger partial charge in [-0.25, -0.2) is 8.42 Å². The van der Waals surface area contributed by atoms with E-state index in [1.807, 2.05) is 26.0 Å². The molecule has 2 amide bonds. The van der Waals surface area contributed by atoms with Gasteiger partial charge in [0.05, 0.1) is 23.4 Å². The van der Waals surface area contributed by atoms with Gasteiger partial charge in [-0.05, 0) is 95.9 Å². The summed E-state index contributed by atoms with van der Waals surface area (Å²) in [6, 6.07) is 11.8. The third-order valence-corrected chi connectivity index (χ3v) is 9.08. The molecule has 0 aliphatic rings. The summed E-state index contributed by atoms with van der Waals surface area (Å²) in [6.07, 6.45) is 5.71. The van der Waals surface area contributed by atoms with Crippen LogP contribution < -0.4 is 40.2 Å². The molecular weight excluding hydrogens is 931 g/mol. The van der Waals surface area contributed by atoms with E-state index in [0.29, 0.717) is 11.3 Å². The van der Waals surface area contributed by atoms with Crippen molar-refractivity contribution >= 4 is 48.0 Å². The van der Waals surface area contributed by atoms with Crippen LogP contribution in [0.4, 0.5) is 26.3 Å². The minimum absolute atomic E-state index is 0. The Morgan fingerprint density at radius 3 is 1.44 bits per heavy atom. The molecule has 0 aromatic heterocycles. The van der Waals surface area contributed by atoms with Gasteiger partial charge >= 0.3 is 53.7 Å². The number of hydrogen-bond acceptors (Lipinski definition) is 7. The standard InChI is InChI=1S/C9H14F3NO.C7H15N.2C7H8O3S.C6H11Br.C3H4F3NO.CH4.Na.H/c1-3-4-5-6-7-13(2)8(14)9(10,11)12;1-3-4-5-6-7-8-2;2*1-6-2-4-7(5-3-6)11(8,9)10;1-2-3-4-5-6-7;1-7-2(8)3(4,5)6;;;/h3H,1,4-7H2,2H3;3,8H,1,4-7H2,2H3;2*2-5H,1H3,(H,8,9,10);2H,1,3-6H2;1H3,(H,7,8);1H4;;/q;;;;;;;+1;-1. The van der Waals surface area contributed by atoms with Gasteiger partial charge in [-0.2, -0.15) is 34.8 Å². The molecule has 0 saturated carbocycles. The first kappa shape index (κ1) is 70.1. The van der Waals surface area contributed by atoms with Crippen molar-refractivity contribution in [1.82, 2.24) is 10.2 Å². The van der Waals surface area contributed by atoms with Crippen molar-refractivity contribution in [2.24, 2.45) is 0 Å². The average Bonchev–Trinajstić information content (AvgIpc) is 3.15. The molecule has 0 aliphatic heterocycles. The maximum atomic E-state index is 11.9. The summed E-state index contributed by atoms with van der Waals surface area (Å²) in [6.45, 7) is 15.8. The normalized spacial score (nSPS) is 10.3. The zero-order chi connectivity index (χ0) is 46.7. The van der Waals surface area contributed by atoms with Gasteiger partial charge in [0, 0.05) is 26.0 Å². The van der Waals surface area contributed by atoms with Crippen molar-refractivity contribution in [2.75, 3.05) is 39.6 Å². The number of amides is 2. The predicted molar refractivity (Wildman–Crippen MR) is 230 cm³/mol. The molecule has 0 fully saturated rings. The van der Waals surface area contributed by atoms with Gasteiger partial charge in [0.25, 0.3) is 10.1 Å². The van der Waals surface area contributed by atoms with E-state index < -0.39 is 44.4 Å². The van der Waals surface area contributed by atoms with Crippen molar-refractivity contribution in [3.63, 3.8) is 0 Å². The summed E-state index contributed by atoms with van der Waals surface area (Å²) in [4.78, 5) is 20.7. The van der Waals surface area contributed by atoms with E-state index in [1.54, 1.807) is 30.3 Å².